The van der Waals surface area contributed by atoms with E-state index in [0.29, 0.717) is 11.9 Å². The molecule has 5 nitrogen and oxygen atoms in total. The maximum absolute atomic E-state index is 9.38. The van der Waals surface area contributed by atoms with Gasteiger partial charge in [-0.2, -0.15) is 4.98 Å². The van der Waals surface area contributed by atoms with Crippen molar-refractivity contribution in [1.29, 1.82) is 0 Å². The third-order valence-corrected chi connectivity index (χ3v) is 3.11. The van der Waals surface area contributed by atoms with E-state index in [4.69, 9.17) is 4.52 Å². The molecule has 0 spiro atoms. The van der Waals surface area contributed by atoms with Crippen LogP contribution in [0.15, 0.2) is 4.52 Å². The first kappa shape index (κ1) is 9.15. The van der Waals surface area contributed by atoms with Crippen molar-refractivity contribution in [2.24, 2.45) is 0 Å². The van der Waals surface area contributed by atoms with Crippen LogP contribution in [0.3, 0.4) is 0 Å². The lowest BCUT2D eigenvalue weighted by atomic mass is 10.1. The summed E-state index contributed by atoms with van der Waals surface area (Å²) < 4.78 is 5.22. The number of aromatic nitrogens is 2. The van der Waals surface area contributed by atoms with Crippen LogP contribution >= 0.6 is 0 Å². The predicted molar refractivity (Wildman–Crippen MR) is 53.7 cm³/mol. The van der Waals surface area contributed by atoms with E-state index in [1.165, 1.54) is 12.8 Å². The van der Waals surface area contributed by atoms with E-state index in [2.05, 4.69) is 15.0 Å². The van der Waals surface area contributed by atoms with Crippen LogP contribution in [0.4, 0.5) is 6.01 Å². The zero-order valence-corrected chi connectivity index (χ0v) is 8.59. The summed E-state index contributed by atoms with van der Waals surface area (Å²) in [6.45, 7) is 1.63. The van der Waals surface area contributed by atoms with E-state index < -0.39 is 0 Å². The lowest BCUT2D eigenvalue weighted by Crippen LogP contribution is -2.35. The Balaban J connectivity index is 1.69. The standard InChI is InChI=1S/C10H15N3O2/c14-8-3-5-13(6-4-8)10-11-9(12-15-10)7-1-2-7/h7-8,14H,1-6H2. The Labute approximate surface area is 88.1 Å². The van der Waals surface area contributed by atoms with E-state index in [1.807, 2.05) is 0 Å². The third-order valence-electron chi connectivity index (χ3n) is 3.11. The fourth-order valence-corrected chi connectivity index (χ4v) is 1.92. The average Bonchev–Trinajstić information content (AvgIpc) is 2.99. The number of hydrogen-bond acceptors (Lipinski definition) is 5. The van der Waals surface area contributed by atoms with Gasteiger partial charge in [0, 0.05) is 19.0 Å². The average molecular weight is 209 g/mol. The number of aliphatic hydroxyl groups is 1. The smallest absolute Gasteiger partial charge is 0.324 e. The Morgan fingerprint density at radius 2 is 1.93 bits per heavy atom. The molecule has 2 fully saturated rings. The van der Waals surface area contributed by atoms with Crippen LogP contribution in [-0.2, 0) is 0 Å². The second-order valence-corrected chi connectivity index (χ2v) is 4.43. The van der Waals surface area contributed by atoms with Crippen molar-refractivity contribution in [3.05, 3.63) is 5.82 Å². The number of hydrogen-bond donors (Lipinski definition) is 1. The first-order chi connectivity index (χ1) is 7.33. The fraction of sp³-hybridized carbons (Fsp3) is 0.800. The van der Waals surface area contributed by atoms with Gasteiger partial charge in [-0.05, 0) is 25.7 Å². The molecule has 1 saturated heterocycles. The van der Waals surface area contributed by atoms with Crippen LogP contribution in [0.1, 0.15) is 37.4 Å². The second kappa shape index (κ2) is 3.48. The van der Waals surface area contributed by atoms with Crippen molar-refractivity contribution in [2.75, 3.05) is 18.0 Å². The van der Waals surface area contributed by atoms with E-state index in [9.17, 15) is 5.11 Å². The minimum atomic E-state index is -0.160. The Bertz CT molecular complexity index is 340. The summed E-state index contributed by atoms with van der Waals surface area (Å²) in [7, 11) is 0. The highest BCUT2D eigenvalue weighted by Gasteiger charge is 2.30. The third kappa shape index (κ3) is 1.84. The quantitative estimate of drug-likeness (QED) is 0.784. The van der Waals surface area contributed by atoms with Crippen molar-refractivity contribution < 1.29 is 9.63 Å². The lowest BCUT2D eigenvalue weighted by molar-refractivity contribution is 0.143. The highest BCUT2D eigenvalue weighted by Crippen LogP contribution is 2.38. The molecule has 1 N–H and O–H groups in total. The maximum Gasteiger partial charge on any atom is 0.324 e. The molecular weight excluding hydrogens is 194 g/mol. The first-order valence-electron chi connectivity index (χ1n) is 5.59. The fourth-order valence-electron chi connectivity index (χ4n) is 1.92. The molecule has 0 atom stereocenters. The van der Waals surface area contributed by atoms with Gasteiger partial charge in [0.25, 0.3) is 0 Å². The normalized spacial score (nSPS) is 23.4. The number of anilines is 1. The molecule has 3 rings (SSSR count). The predicted octanol–water partition coefficient (Wildman–Crippen LogP) is 0.908. The van der Waals surface area contributed by atoms with Gasteiger partial charge in [-0.25, -0.2) is 0 Å². The summed E-state index contributed by atoms with van der Waals surface area (Å²) in [5.74, 6) is 1.40. The van der Waals surface area contributed by atoms with Gasteiger partial charge in [-0.3, -0.25) is 0 Å². The highest BCUT2D eigenvalue weighted by atomic mass is 16.5. The van der Waals surface area contributed by atoms with Crippen molar-refractivity contribution in [3.8, 4) is 0 Å². The van der Waals surface area contributed by atoms with Crippen LogP contribution in [0.5, 0.6) is 0 Å². The number of nitrogens with zero attached hydrogens (tertiary/aromatic N) is 3. The molecule has 0 bridgehead atoms. The molecule has 82 valence electrons. The SMILES string of the molecule is OC1CCN(c2nc(C3CC3)no2)CC1. The van der Waals surface area contributed by atoms with Crippen molar-refractivity contribution >= 4 is 6.01 Å². The number of rotatable bonds is 2. The van der Waals surface area contributed by atoms with E-state index in [-0.39, 0.29) is 6.10 Å². The van der Waals surface area contributed by atoms with Crippen LogP contribution < -0.4 is 4.90 Å². The van der Waals surface area contributed by atoms with E-state index in [1.54, 1.807) is 0 Å². The number of aliphatic hydroxyl groups excluding tert-OH is 1. The van der Waals surface area contributed by atoms with Crippen LogP contribution in [-0.4, -0.2) is 34.4 Å². The van der Waals surface area contributed by atoms with Gasteiger partial charge >= 0.3 is 6.01 Å². The van der Waals surface area contributed by atoms with Crippen molar-refractivity contribution in [3.63, 3.8) is 0 Å². The first-order valence-corrected chi connectivity index (χ1v) is 5.59. The van der Waals surface area contributed by atoms with Gasteiger partial charge in [0.05, 0.1) is 6.10 Å². The summed E-state index contributed by atoms with van der Waals surface area (Å²) in [5, 5.41) is 13.4. The molecule has 1 aromatic heterocycles. The molecule has 1 aromatic rings. The van der Waals surface area contributed by atoms with E-state index in [0.717, 1.165) is 31.8 Å². The zero-order valence-electron chi connectivity index (χ0n) is 8.59. The molecule has 5 heteroatoms. The summed E-state index contributed by atoms with van der Waals surface area (Å²) in [4.78, 5) is 6.45. The van der Waals surface area contributed by atoms with Gasteiger partial charge in [0.2, 0.25) is 0 Å². The number of piperidine rings is 1. The van der Waals surface area contributed by atoms with Gasteiger partial charge in [-0.15, -0.1) is 0 Å². The summed E-state index contributed by atoms with van der Waals surface area (Å²) >= 11 is 0. The summed E-state index contributed by atoms with van der Waals surface area (Å²) in [6, 6.07) is 0.629. The molecular formula is C10H15N3O2. The highest BCUT2D eigenvalue weighted by molar-refractivity contribution is 5.27. The maximum atomic E-state index is 9.38. The Morgan fingerprint density at radius 1 is 1.20 bits per heavy atom. The lowest BCUT2D eigenvalue weighted by Gasteiger charge is -2.27. The minimum Gasteiger partial charge on any atom is -0.393 e. The monoisotopic (exact) mass is 209 g/mol. The Hall–Kier alpha value is -1.10. The van der Waals surface area contributed by atoms with E-state index >= 15 is 0 Å². The molecule has 1 saturated carbocycles. The topological polar surface area (TPSA) is 62.4 Å². The second-order valence-electron chi connectivity index (χ2n) is 4.43. The summed E-state index contributed by atoms with van der Waals surface area (Å²) in [5.41, 5.74) is 0. The molecule has 1 aliphatic heterocycles. The molecule has 0 aromatic carbocycles. The van der Waals surface area contributed by atoms with Gasteiger partial charge < -0.3 is 14.5 Å². The molecule has 2 aliphatic rings. The molecule has 15 heavy (non-hydrogen) atoms. The minimum absolute atomic E-state index is 0.160. The van der Waals surface area contributed by atoms with Gasteiger partial charge in [0.15, 0.2) is 5.82 Å². The summed E-state index contributed by atoms with van der Waals surface area (Å²) in [6.07, 6.45) is 3.81. The van der Waals surface area contributed by atoms with Crippen molar-refractivity contribution in [2.45, 2.75) is 37.7 Å². The van der Waals surface area contributed by atoms with Crippen molar-refractivity contribution in [1.82, 2.24) is 10.1 Å². The molecule has 1 aliphatic carbocycles. The van der Waals surface area contributed by atoms with Gasteiger partial charge in [0.1, 0.15) is 0 Å². The van der Waals surface area contributed by atoms with Gasteiger partial charge in [-0.1, -0.05) is 5.16 Å². The van der Waals surface area contributed by atoms with Crippen LogP contribution in [0, 0.1) is 0 Å². The molecule has 0 amide bonds. The van der Waals surface area contributed by atoms with Crippen LogP contribution in [0.25, 0.3) is 0 Å². The van der Waals surface area contributed by atoms with Crippen LogP contribution in [0.2, 0.25) is 0 Å². The molecule has 0 unspecified atom stereocenters. The zero-order chi connectivity index (χ0) is 10.3. The molecule has 0 radical (unpaired) electrons. The largest absolute Gasteiger partial charge is 0.393 e. The Morgan fingerprint density at radius 3 is 2.60 bits per heavy atom. The Kier molecular flexibility index (Phi) is 2.12. The molecule has 2 heterocycles.